The molecule has 3 rings (SSSR count). The number of aromatic nitrogens is 3. The number of aryl methyl sites for hydroxylation is 1. The van der Waals surface area contributed by atoms with E-state index in [9.17, 15) is 9.59 Å². The number of fused-ring (bicyclic) bond motifs is 1. The van der Waals surface area contributed by atoms with Gasteiger partial charge in [-0.2, -0.15) is 5.10 Å². The van der Waals surface area contributed by atoms with Crippen molar-refractivity contribution in [2.75, 3.05) is 0 Å². The fourth-order valence-corrected chi connectivity index (χ4v) is 2.22. The molecule has 3 N–H and O–H groups in total. The van der Waals surface area contributed by atoms with Gasteiger partial charge >= 0.3 is 0 Å². The first-order chi connectivity index (χ1) is 10.1. The Hall–Kier alpha value is -2.89. The van der Waals surface area contributed by atoms with E-state index >= 15 is 0 Å². The minimum Gasteiger partial charge on any atom is -0.348 e. The largest absolute Gasteiger partial charge is 0.348 e. The highest BCUT2D eigenvalue weighted by molar-refractivity contribution is 6.05. The second-order valence-corrected chi connectivity index (χ2v) is 4.80. The van der Waals surface area contributed by atoms with E-state index in [4.69, 9.17) is 0 Å². The first-order valence-corrected chi connectivity index (χ1v) is 6.54. The molecule has 6 nitrogen and oxygen atoms in total. The molecule has 0 radical (unpaired) electrons. The number of para-hydroxylation sites is 1. The zero-order valence-electron chi connectivity index (χ0n) is 11.4. The average Bonchev–Trinajstić information content (AvgIpc) is 2.89. The van der Waals surface area contributed by atoms with E-state index in [-0.39, 0.29) is 11.5 Å². The Bertz CT molecular complexity index is 863. The summed E-state index contributed by atoms with van der Waals surface area (Å²) >= 11 is 0. The van der Waals surface area contributed by atoms with E-state index in [0.29, 0.717) is 17.6 Å². The molecule has 0 fully saturated rings. The van der Waals surface area contributed by atoms with Crippen LogP contribution in [-0.4, -0.2) is 21.1 Å². The summed E-state index contributed by atoms with van der Waals surface area (Å²) in [6, 6.07) is 8.55. The number of aromatic amines is 2. The van der Waals surface area contributed by atoms with Crippen LogP contribution in [0.5, 0.6) is 0 Å². The van der Waals surface area contributed by atoms with Gasteiger partial charge in [-0.05, 0) is 13.0 Å². The van der Waals surface area contributed by atoms with Crippen molar-refractivity contribution < 1.29 is 4.79 Å². The van der Waals surface area contributed by atoms with Crippen LogP contribution in [0.3, 0.4) is 0 Å². The van der Waals surface area contributed by atoms with Crippen LogP contribution in [-0.2, 0) is 6.54 Å². The summed E-state index contributed by atoms with van der Waals surface area (Å²) in [5, 5.41) is 10.3. The number of rotatable bonds is 3. The summed E-state index contributed by atoms with van der Waals surface area (Å²) in [4.78, 5) is 26.7. The predicted molar refractivity (Wildman–Crippen MR) is 79.1 cm³/mol. The topological polar surface area (TPSA) is 90.6 Å². The standard InChI is InChI=1S/C15H14N4O2/c1-9-10(8-17-19-9)7-16-15(21)12-6-14(20)18-13-5-3-2-4-11(12)13/h2-6,8H,7H2,1H3,(H,16,21)(H,17,19)(H,18,20). The lowest BCUT2D eigenvalue weighted by Gasteiger charge is -2.07. The van der Waals surface area contributed by atoms with Gasteiger partial charge in [-0.1, -0.05) is 18.2 Å². The van der Waals surface area contributed by atoms with Crippen molar-refractivity contribution >= 4 is 16.8 Å². The maximum atomic E-state index is 12.3. The maximum absolute atomic E-state index is 12.3. The van der Waals surface area contributed by atoms with E-state index in [1.165, 1.54) is 6.07 Å². The Morgan fingerprint density at radius 2 is 2.14 bits per heavy atom. The summed E-state index contributed by atoms with van der Waals surface area (Å²) in [5.74, 6) is -0.280. The normalized spacial score (nSPS) is 10.7. The molecule has 2 aromatic heterocycles. The minimum atomic E-state index is -0.293. The number of hydrogen-bond acceptors (Lipinski definition) is 3. The Morgan fingerprint density at radius 1 is 1.33 bits per heavy atom. The molecule has 0 aliphatic rings. The van der Waals surface area contributed by atoms with Gasteiger partial charge in [-0.3, -0.25) is 14.7 Å². The lowest BCUT2D eigenvalue weighted by atomic mass is 10.1. The second-order valence-electron chi connectivity index (χ2n) is 4.80. The molecule has 0 saturated heterocycles. The molecule has 0 atom stereocenters. The van der Waals surface area contributed by atoms with Crippen molar-refractivity contribution in [2.24, 2.45) is 0 Å². The van der Waals surface area contributed by atoms with E-state index in [1.807, 2.05) is 25.1 Å². The van der Waals surface area contributed by atoms with Crippen molar-refractivity contribution in [1.82, 2.24) is 20.5 Å². The molecule has 0 spiro atoms. The van der Waals surface area contributed by atoms with E-state index in [2.05, 4.69) is 20.5 Å². The monoisotopic (exact) mass is 282 g/mol. The van der Waals surface area contributed by atoms with Crippen molar-refractivity contribution in [3.05, 3.63) is 63.7 Å². The molecular formula is C15H14N4O2. The molecule has 1 aromatic carbocycles. The lowest BCUT2D eigenvalue weighted by molar-refractivity contribution is 0.0952. The van der Waals surface area contributed by atoms with Gasteiger partial charge in [-0.15, -0.1) is 0 Å². The molecule has 1 amide bonds. The highest BCUT2D eigenvalue weighted by Crippen LogP contribution is 2.14. The third kappa shape index (κ3) is 2.55. The lowest BCUT2D eigenvalue weighted by Crippen LogP contribution is -2.25. The van der Waals surface area contributed by atoms with Gasteiger partial charge in [0.2, 0.25) is 5.56 Å². The Labute approximate surface area is 120 Å². The van der Waals surface area contributed by atoms with Crippen LogP contribution in [0.1, 0.15) is 21.6 Å². The highest BCUT2D eigenvalue weighted by Gasteiger charge is 2.12. The average molecular weight is 282 g/mol. The van der Waals surface area contributed by atoms with Gasteiger partial charge in [0, 0.05) is 34.8 Å². The SMILES string of the molecule is Cc1[nH]ncc1CNC(=O)c1cc(=O)[nH]c2ccccc12. The quantitative estimate of drug-likeness (QED) is 0.679. The summed E-state index contributed by atoms with van der Waals surface area (Å²) in [6.07, 6.45) is 1.67. The van der Waals surface area contributed by atoms with Gasteiger partial charge < -0.3 is 10.3 Å². The van der Waals surface area contributed by atoms with Crippen LogP contribution in [0, 0.1) is 6.92 Å². The third-order valence-corrected chi connectivity index (χ3v) is 3.37. The maximum Gasteiger partial charge on any atom is 0.252 e. The molecule has 0 aliphatic carbocycles. The summed E-state index contributed by atoms with van der Waals surface area (Å²) < 4.78 is 0. The molecule has 21 heavy (non-hydrogen) atoms. The number of hydrogen-bond donors (Lipinski definition) is 3. The van der Waals surface area contributed by atoms with Crippen molar-refractivity contribution in [3.63, 3.8) is 0 Å². The fraction of sp³-hybridized carbons (Fsp3) is 0.133. The number of H-pyrrole nitrogens is 2. The van der Waals surface area contributed by atoms with Crippen LogP contribution < -0.4 is 10.9 Å². The number of nitrogens with zero attached hydrogens (tertiary/aromatic N) is 1. The first kappa shape index (κ1) is 13.1. The Morgan fingerprint density at radius 3 is 2.90 bits per heavy atom. The number of carbonyl (C=O) groups is 1. The van der Waals surface area contributed by atoms with Crippen molar-refractivity contribution in [2.45, 2.75) is 13.5 Å². The first-order valence-electron chi connectivity index (χ1n) is 6.54. The third-order valence-electron chi connectivity index (χ3n) is 3.37. The van der Waals surface area contributed by atoms with Crippen LogP contribution in [0.25, 0.3) is 10.9 Å². The zero-order chi connectivity index (χ0) is 14.8. The second kappa shape index (κ2) is 5.24. The van der Waals surface area contributed by atoms with Gasteiger partial charge in [-0.25, -0.2) is 0 Å². The molecule has 106 valence electrons. The highest BCUT2D eigenvalue weighted by atomic mass is 16.2. The van der Waals surface area contributed by atoms with Crippen molar-refractivity contribution in [3.8, 4) is 0 Å². The number of pyridine rings is 1. The van der Waals surface area contributed by atoms with Gasteiger partial charge in [0.1, 0.15) is 0 Å². The molecule has 3 aromatic rings. The zero-order valence-corrected chi connectivity index (χ0v) is 11.4. The number of benzene rings is 1. The van der Waals surface area contributed by atoms with Crippen LogP contribution in [0.2, 0.25) is 0 Å². The fourth-order valence-electron chi connectivity index (χ4n) is 2.22. The van der Waals surface area contributed by atoms with Gasteiger partial charge in [0.25, 0.3) is 5.91 Å². The molecular weight excluding hydrogens is 268 g/mol. The molecule has 0 saturated carbocycles. The van der Waals surface area contributed by atoms with E-state index in [1.54, 1.807) is 12.3 Å². The van der Waals surface area contributed by atoms with E-state index in [0.717, 1.165) is 16.6 Å². The van der Waals surface area contributed by atoms with Crippen LogP contribution in [0.4, 0.5) is 0 Å². The Balaban J connectivity index is 1.91. The molecule has 0 aliphatic heterocycles. The molecule has 2 heterocycles. The number of nitrogens with one attached hydrogen (secondary N) is 3. The number of amides is 1. The summed E-state index contributed by atoms with van der Waals surface area (Å²) in [5.41, 5.74) is 2.55. The summed E-state index contributed by atoms with van der Waals surface area (Å²) in [7, 11) is 0. The van der Waals surface area contributed by atoms with Gasteiger partial charge in [0.15, 0.2) is 0 Å². The predicted octanol–water partition coefficient (Wildman–Crippen LogP) is 1.49. The van der Waals surface area contributed by atoms with Gasteiger partial charge in [0.05, 0.1) is 11.8 Å². The minimum absolute atomic E-state index is 0.280. The molecule has 0 unspecified atom stereocenters. The summed E-state index contributed by atoms with van der Waals surface area (Å²) in [6.45, 7) is 2.25. The van der Waals surface area contributed by atoms with Crippen LogP contribution in [0.15, 0.2) is 41.3 Å². The Kier molecular flexibility index (Phi) is 3.27. The smallest absolute Gasteiger partial charge is 0.252 e. The van der Waals surface area contributed by atoms with Crippen LogP contribution >= 0.6 is 0 Å². The van der Waals surface area contributed by atoms with E-state index < -0.39 is 0 Å². The number of carbonyl (C=O) groups excluding carboxylic acids is 1. The van der Waals surface area contributed by atoms with Crippen molar-refractivity contribution in [1.29, 1.82) is 0 Å². The molecule has 0 bridgehead atoms. The molecule has 6 heteroatoms.